The number of carbonyl (C=O) groups is 1. The third-order valence-corrected chi connectivity index (χ3v) is 7.68. The van der Waals surface area contributed by atoms with Gasteiger partial charge in [-0.1, -0.05) is 60.7 Å². The largest absolute Gasteiger partial charge is 0.497 e. The van der Waals surface area contributed by atoms with Crippen molar-refractivity contribution in [2.75, 3.05) is 13.7 Å². The first-order chi connectivity index (χ1) is 19.1. The highest BCUT2D eigenvalue weighted by molar-refractivity contribution is 7.80. The maximum atomic E-state index is 13.6. The Kier molecular flexibility index (Phi) is 8.86. The van der Waals surface area contributed by atoms with Gasteiger partial charge in [0.15, 0.2) is 0 Å². The summed E-state index contributed by atoms with van der Waals surface area (Å²) < 4.78 is 5.34. The molecule has 4 aromatic rings. The molecule has 200 valence electrons. The molecule has 1 heterocycles. The lowest BCUT2D eigenvalue weighted by Crippen LogP contribution is -2.38. The second-order valence-corrected chi connectivity index (χ2v) is 10.5. The number of carbonyl (C=O) groups excluding carboxylic acids is 1. The third kappa shape index (κ3) is 6.64. The van der Waals surface area contributed by atoms with Crippen molar-refractivity contribution >= 4 is 29.4 Å². The van der Waals surface area contributed by atoms with Crippen molar-refractivity contribution in [3.8, 4) is 16.9 Å². The lowest BCUT2D eigenvalue weighted by atomic mass is 9.91. The van der Waals surface area contributed by atoms with E-state index in [1.54, 1.807) is 7.11 Å². The van der Waals surface area contributed by atoms with E-state index in [0.717, 1.165) is 65.0 Å². The van der Waals surface area contributed by atoms with E-state index in [2.05, 4.69) is 64.7 Å². The summed E-state index contributed by atoms with van der Waals surface area (Å²) in [7, 11) is 1.68. The van der Waals surface area contributed by atoms with Crippen LogP contribution in [-0.4, -0.2) is 30.6 Å². The average Bonchev–Trinajstić information content (AvgIpc) is 3.46. The average molecular weight is 538 g/mol. The number of aromatic nitrogens is 1. The van der Waals surface area contributed by atoms with Gasteiger partial charge in [0.1, 0.15) is 5.75 Å². The van der Waals surface area contributed by atoms with E-state index in [4.69, 9.17) is 4.74 Å². The number of hydrogen-bond donors (Lipinski definition) is 4. The SMILES string of the molecule is COc1cccc(CNCCC(CC2C=CC=CC2)NC(=O)c2ccc(-c3ccccc3S)c3[nH]ccc23)c1. The molecule has 1 aromatic heterocycles. The Morgan fingerprint density at radius 2 is 1.97 bits per heavy atom. The molecule has 0 aliphatic heterocycles. The van der Waals surface area contributed by atoms with Crippen LogP contribution in [0.5, 0.6) is 5.75 Å². The number of amides is 1. The first-order valence-electron chi connectivity index (χ1n) is 13.5. The zero-order valence-corrected chi connectivity index (χ0v) is 23.1. The quantitative estimate of drug-likeness (QED) is 0.124. The molecule has 0 saturated carbocycles. The fraction of sp³-hybridized carbons (Fsp3) is 0.242. The van der Waals surface area contributed by atoms with Crippen molar-refractivity contribution in [1.82, 2.24) is 15.6 Å². The molecule has 39 heavy (non-hydrogen) atoms. The first-order valence-corrected chi connectivity index (χ1v) is 13.9. The van der Waals surface area contributed by atoms with Crippen molar-refractivity contribution in [2.45, 2.75) is 36.7 Å². The molecule has 0 radical (unpaired) electrons. The molecule has 1 aliphatic carbocycles. The number of nitrogens with one attached hydrogen (secondary N) is 3. The minimum absolute atomic E-state index is 0.0431. The molecule has 3 aromatic carbocycles. The van der Waals surface area contributed by atoms with Gasteiger partial charge in [-0.05, 0) is 73.2 Å². The predicted molar refractivity (Wildman–Crippen MR) is 163 cm³/mol. The van der Waals surface area contributed by atoms with Crippen molar-refractivity contribution < 1.29 is 9.53 Å². The number of hydrogen-bond acceptors (Lipinski definition) is 4. The molecule has 1 amide bonds. The van der Waals surface area contributed by atoms with Crippen LogP contribution in [0.4, 0.5) is 0 Å². The van der Waals surface area contributed by atoms with E-state index in [9.17, 15) is 4.79 Å². The summed E-state index contributed by atoms with van der Waals surface area (Å²) in [5.41, 5.74) is 4.88. The van der Waals surface area contributed by atoms with E-state index in [-0.39, 0.29) is 11.9 Å². The highest BCUT2D eigenvalue weighted by atomic mass is 32.1. The number of H-pyrrole nitrogens is 1. The van der Waals surface area contributed by atoms with Crippen LogP contribution in [-0.2, 0) is 6.54 Å². The Balaban J connectivity index is 1.29. The topological polar surface area (TPSA) is 66.2 Å². The summed E-state index contributed by atoms with van der Waals surface area (Å²) in [4.78, 5) is 17.9. The summed E-state index contributed by atoms with van der Waals surface area (Å²) in [5.74, 6) is 1.23. The molecule has 0 bridgehead atoms. The lowest BCUT2D eigenvalue weighted by molar-refractivity contribution is 0.0932. The lowest BCUT2D eigenvalue weighted by Gasteiger charge is -2.24. The van der Waals surface area contributed by atoms with E-state index < -0.39 is 0 Å². The number of methoxy groups -OCH3 is 1. The van der Waals surface area contributed by atoms with Gasteiger partial charge in [-0.15, -0.1) is 12.6 Å². The summed E-state index contributed by atoms with van der Waals surface area (Å²) in [6.07, 6.45) is 13.3. The Morgan fingerprint density at radius 1 is 1.08 bits per heavy atom. The second kappa shape index (κ2) is 12.9. The molecule has 5 rings (SSSR count). The number of fused-ring (bicyclic) bond motifs is 1. The molecule has 5 nitrogen and oxygen atoms in total. The fourth-order valence-corrected chi connectivity index (χ4v) is 5.54. The molecule has 1 aliphatic rings. The number of benzene rings is 3. The summed E-state index contributed by atoms with van der Waals surface area (Å²) >= 11 is 4.65. The zero-order valence-electron chi connectivity index (χ0n) is 22.2. The predicted octanol–water partition coefficient (Wildman–Crippen LogP) is 6.93. The maximum absolute atomic E-state index is 13.6. The number of ether oxygens (including phenoxy) is 1. The first kappa shape index (κ1) is 26.9. The molecule has 0 spiro atoms. The van der Waals surface area contributed by atoms with E-state index >= 15 is 0 Å². The number of thiol groups is 1. The van der Waals surface area contributed by atoms with Crippen LogP contribution in [0.1, 0.15) is 35.2 Å². The van der Waals surface area contributed by atoms with Gasteiger partial charge in [0, 0.05) is 40.2 Å². The van der Waals surface area contributed by atoms with Crippen LogP contribution in [0.25, 0.3) is 22.0 Å². The van der Waals surface area contributed by atoms with Gasteiger partial charge in [-0.2, -0.15) is 0 Å². The summed E-state index contributed by atoms with van der Waals surface area (Å²) in [6, 6.07) is 22.1. The zero-order chi connectivity index (χ0) is 27.0. The van der Waals surface area contributed by atoms with Gasteiger partial charge >= 0.3 is 0 Å². The third-order valence-electron chi connectivity index (χ3n) is 7.29. The number of allylic oxidation sites excluding steroid dienone is 4. The van der Waals surface area contributed by atoms with Gasteiger partial charge in [0.2, 0.25) is 0 Å². The molecule has 6 heteroatoms. The standard InChI is InChI=1S/C33H35N3O2S/c1-38-26-11-7-10-24(21-26)22-34-18-16-25(20-23-8-3-2-4-9-23)36-33(37)30-15-14-28(32-29(30)17-19-35-32)27-12-5-6-13-31(27)39/h2-8,10-15,17,19,21,23,25,34-35,39H,9,16,18,20,22H2,1H3,(H,36,37). The van der Waals surface area contributed by atoms with E-state index in [1.807, 2.05) is 60.8 Å². The summed E-state index contributed by atoms with van der Waals surface area (Å²) in [6.45, 7) is 1.55. The second-order valence-electron chi connectivity index (χ2n) is 9.98. The van der Waals surface area contributed by atoms with E-state index in [1.165, 1.54) is 5.56 Å². The van der Waals surface area contributed by atoms with E-state index in [0.29, 0.717) is 11.5 Å². The van der Waals surface area contributed by atoms with Crippen molar-refractivity contribution in [2.24, 2.45) is 5.92 Å². The van der Waals surface area contributed by atoms with Gasteiger partial charge in [0.25, 0.3) is 5.91 Å². The number of rotatable bonds is 11. The highest BCUT2D eigenvalue weighted by Gasteiger charge is 2.21. The van der Waals surface area contributed by atoms with Crippen LogP contribution in [0, 0.1) is 5.92 Å². The molecular formula is C33H35N3O2S. The molecule has 0 fully saturated rings. The Hall–Kier alpha value is -3.74. The molecule has 2 atom stereocenters. The highest BCUT2D eigenvalue weighted by Crippen LogP contribution is 2.33. The van der Waals surface area contributed by atoms with Crippen LogP contribution in [0.15, 0.2) is 102 Å². The van der Waals surface area contributed by atoms with Gasteiger partial charge in [0.05, 0.1) is 12.6 Å². The number of aromatic amines is 1. The Morgan fingerprint density at radius 3 is 2.79 bits per heavy atom. The maximum Gasteiger partial charge on any atom is 0.252 e. The van der Waals surface area contributed by atoms with Gasteiger partial charge in [-0.25, -0.2) is 0 Å². The smallest absolute Gasteiger partial charge is 0.252 e. The minimum atomic E-state index is -0.0431. The van der Waals surface area contributed by atoms with Crippen molar-refractivity contribution in [3.05, 3.63) is 108 Å². The van der Waals surface area contributed by atoms with Crippen LogP contribution in [0.3, 0.4) is 0 Å². The molecule has 0 saturated heterocycles. The van der Waals surface area contributed by atoms with Gasteiger partial charge in [-0.3, -0.25) is 4.79 Å². The monoisotopic (exact) mass is 537 g/mol. The fourth-order valence-electron chi connectivity index (χ4n) is 5.26. The Labute approximate surface area is 235 Å². The minimum Gasteiger partial charge on any atom is -0.497 e. The van der Waals surface area contributed by atoms with Gasteiger partial charge < -0.3 is 20.4 Å². The van der Waals surface area contributed by atoms with Crippen LogP contribution >= 0.6 is 12.6 Å². The molecule has 2 unspecified atom stereocenters. The normalized spacial score (nSPS) is 15.4. The summed E-state index contributed by atoms with van der Waals surface area (Å²) in [5, 5.41) is 7.82. The van der Waals surface area contributed by atoms with Crippen LogP contribution in [0.2, 0.25) is 0 Å². The van der Waals surface area contributed by atoms with Crippen molar-refractivity contribution in [3.63, 3.8) is 0 Å². The van der Waals surface area contributed by atoms with Crippen molar-refractivity contribution in [1.29, 1.82) is 0 Å². The molecule has 3 N–H and O–H groups in total. The molecular weight excluding hydrogens is 502 g/mol. The Bertz CT molecular complexity index is 1490. The van der Waals surface area contributed by atoms with Crippen LogP contribution < -0.4 is 15.4 Å².